The van der Waals surface area contributed by atoms with Gasteiger partial charge in [0.05, 0.1) is 0 Å². The van der Waals surface area contributed by atoms with Crippen LogP contribution in [0.4, 0.5) is 0 Å². The van der Waals surface area contributed by atoms with Crippen LogP contribution in [0.3, 0.4) is 0 Å². The third kappa shape index (κ3) is 3.35. The van der Waals surface area contributed by atoms with Crippen LogP contribution in [0.15, 0.2) is 30.3 Å². The zero-order valence-corrected chi connectivity index (χ0v) is 11.9. The van der Waals surface area contributed by atoms with Crippen molar-refractivity contribution in [1.82, 2.24) is 4.90 Å². The Hall–Kier alpha value is -1.35. The molecular formula is C16H23NO2. The fraction of sp³-hybridized carbons (Fsp3) is 0.562. The summed E-state index contributed by atoms with van der Waals surface area (Å²) < 4.78 is 5.83. The number of nitrogens with zero attached hydrogens (tertiary/aromatic N) is 1. The summed E-state index contributed by atoms with van der Waals surface area (Å²) >= 11 is 0. The Labute approximate surface area is 115 Å². The molecular weight excluding hydrogens is 238 g/mol. The summed E-state index contributed by atoms with van der Waals surface area (Å²) in [4.78, 5) is 14.0. The predicted octanol–water partition coefficient (Wildman–Crippen LogP) is 2.99. The van der Waals surface area contributed by atoms with Gasteiger partial charge in [0.1, 0.15) is 0 Å². The van der Waals surface area contributed by atoms with Gasteiger partial charge in [-0.25, -0.2) is 0 Å². The number of carbonyl (C=O) groups excluding carboxylic acids is 1. The summed E-state index contributed by atoms with van der Waals surface area (Å²) in [6, 6.07) is 10.3. The number of benzene rings is 1. The van der Waals surface area contributed by atoms with Gasteiger partial charge in [-0.05, 0) is 25.5 Å². The van der Waals surface area contributed by atoms with Gasteiger partial charge in [-0.3, -0.25) is 9.69 Å². The molecule has 1 aliphatic rings. The van der Waals surface area contributed by atoms with E-state index in [9.17, 15) is 4.79 Å². The quantitative estimate of drug-likeness (QED) is 0.780. The van der Waals surface area contributed by atoms with Gasteiger partial charge in [0.2, 0.25) is 0 Å². The summed E-state index contributed by atoms with van der Waals surface area (Å²) in [5.41, 5.74) is 0.771. The number of carbonyl (C=O) groups is 1. The number of esters is 1. The van der Waals surface area contributed by atoms with E-state index in [-0.39, 0.29) is 5.97 Å². The lowest BCUT2D eigenvalue weighted by atomic mass is 9.92. The molecule has 0 aromatic heterocycles. The van der Waals surface area contributed by atoms with Gasteiger partial charge in [0, 0.05) is 25.8 Å². The highest BCUT2D eigenvalue weighted by Crippen LogP contribution is 2.32. The average molecular weight is 261 g/mol. The van der Waals surface area contributed by atoms with Crippen LogP contribution in [-0.2, 0) is 16.0 Å². The van der Waals surface area contributed by atoms with Gasteiger partial charge in [-0.2, -0.15) is 0 Å². The molecule has 3 nitrogen and oxygen atoms in total. The molecule has 19 heavy (non-hydrogen) atoms. The first-order chi connectivity index (χ1) is 9.16. The Morgan fingerprint density at radius 1 is 1.32 bits per heavy atom. The van der Waals surface area contributed by atoms with Crippen LogP contribution < -0.4 is 0 Å². The van der Waals surface area contributed by atoms with Crippen LogP contribution in [0.5, 0.6) is 0 Å². The van der Waals surface area contributed by atoms with Crippen LogP contribution in [0.25, 0.3) is 0 Å². The van der Waals surface area contributed by atoms with Crippen molar-refractivity contribution in [2.45, 2.75) is 44.8 Å². The first-order valence-corrected chi connectivity index (χ1v) is 7.13. The maximum atomic E-state index is 11.8. The van der Waals surface area contributed by atoms with Gasteiger partial charge >= 0.3 is 5.97 Å². The predicted molar refractivity (Wildman–Crippen MR) is 75.7 cm³/mol. The highest BCUT2D eigenvalue weighted by molar-refractivity contribution is 5.69. The minimum atomic E-state index is -0.452. The smallest absolute Gasteiger partial charge is 0.307 e. The molecule has 1 aromatic rings. The molecule has 1 unspecified atom stereocenters. The number of piperidine rings is 1. The lowest BCUT2D eigenvalue weighted by Gasteiger charge is -2.44. The number of hydrogen-bond acceptors (Lipinski definition) is 3. The molecule has 0 saturated carbocycles. The topological polar surface area (TPSA) is 29.5 Å². The zero-order valence-electron chi connectivity index (χ0n) is 11.9. The van der Waals surface area contributed by atoms with Crippen LogP contribution in [0.1, 0.15) is 38.2 Å². The molecule has 0 N–H and O–H groups in total. The summed E-state index contributed by atoms with van der Waals surface area (Å²) in [7, 11) is 2.06. The van der Waals surface area contributed by atoms with E-state index < -0.39 is 5.72 Å². The molecule has 0 aliphatic carbocycles. The van der Waals surface area contributed by atoms with Crippen molar-refractivity contribution in [2.75, 3.05) is 13.6 Å². The lowest BCUT2D eigenvalue weighted by Crippen LogP contribution is -2.54. The van der Waals surface area contributed by atoms with E-state index in [2.05, 4.69) is 24.1 Å². The van der Waals surface area contributed by atoms with E-state index >= 15 is 0 Å². The third-order valence-corrected chi connectivity index (χ3v) is 3.92. The normalized spacial score (nSPS) is 24.1. The fourth-order valence-electron chi connectivity index (χ4n) is 2.73. The SMILES string of the molecule is CCC(=O)OC1(Cc2ccccc2)CCCCN1C. The molecule has 1 aliphatic heterocycles. The molecule has 1 fully saturated rings. The zero-order chi connectivity index (χ0) is 13.7. The maximum Gasteiger partial charge on any atom is 0.307 e. The third-order valence-electron chi connectivity index (χ3n) is 3.92. The Balaban J connectivity index is 2.20. The summed E-state index contributed by atoms with van der Waals surface area (Å²) in [5.74, 6) is -0.107. The van der Waals surface area contributed by atoms with Gasteiger partial charge in [-0.1, -0.05) is 37.3 Å². The second kappa shape index (κ2) is 6.20. The van der Waals surface area contributed by atoms with Gasteiger partial charge in [-0.15, -0.1) is 0 Å². The fourth-order valence-corrected chi connectivity index (χ4v) is 2.73. The van der Waals surface area contributed by atoms with E-state index in [0.29, 0.717) is 6.42 Å². The van der Waals surface area contributed by atoms with Gasteiger partial charge in [0.25, 0.3) is 0 Å². The van der Waals surface area contributed by atoms with E-state index in [1.807, 2.05) is 25.1 Å². The molecule has 0 amide bonds. The van der Waals surface area contributed by atoms with Crippen molar-refractivity contribution >= 4 is 5.97 Å². The second-order valence-electron chi connectivity index (χ2n) is 5.31. The maximum absolute atomic E-state index is 11.8. The highest BCUT2D eigenvalue weighted by Gasteiger charge is 2.40. The van der Waals surface area contributed by atoms with E-state index in [1.54, 1.807) is 0 Å². The van der Waals surface area contributed by atoms with E-state index in [1.165, 1.54) is 12.0 Å². The Morgan fingerprint density at radius 2 is 2.05 bits per heavy atom. The standard InChI is InChI=1S/C16H23NO2/c1-3-15(18)19-16(11-7-8-12-17(16)2)13-14-9-5-4-6-10-14/h4-6,9-10H,3,7-8,11-13H2,1-2H3. The van der Waals surface area contributed by atoms with Crippen LogP contribution in [0.2, 0.25) is 0 Å². The lowest BCUT2D eigenvalue weighted by molar-refractivity contribution is -0.189. The molecule has 1 aromatic carbocycles. The van der Waals surface area contributed by atoms with Gasteiger partial charge in [0.15, 0.2) is 5.72 Å². The second-order valence-corrected chi connectivity index (χ2v) is 5.31. The minimum absolute atomic E-state index is 0.107. The monoisotopic (exact) mass is 261 g/mol. The molecule has 0 bridgehead atoms. The highest BCUT2D eigenvalue weighted by atomic mass is 16.6. The molecule has 2 rings (SSSR count). The first kappa shape index (κ1) is 14.1. The van der Waals surface area contributed by atoms with Crippen LogP contribution in [0, 0.1) is 0 Å². The number of rotatable bonds is 4. The van der Waals surface area contributed by atoms with Gasteiger partial charge < -0.3 is 4.74 Å². The molecule has 1 saturated heterocycles. The number of likely N-dealkylation sites (tertiary alicyclic amines) is 1. The summed E-state index contributed by atoms with van der Waals surface area (Å²) in [6.45, 7) is 2.84. The molecule has 0 radical (unpaired) electrons. The van der Waals surface area contributed by atoms with E-state index in [0.717, 1.165) is 25.8 Å². The summed E-state index contributed by atoms with van der Waals surface area (Å²) in [5, 5.41) is 0. The van der Waals surface area contributed by atoms with Crippen molar-refractivity contribution in [3.63, 3.8) is 0 Å². The molecule has 1 heterocycles. The largest absolute Gasteiger partial charge is 0.443 e. The Kier molecular flexibility index (Phi) is 4.59. The Bertz CT molecular complexity index is 418. The minimum Gasteiger partial charge on any atom is -0.443 e. The molecule has 3 heteroatoms. The number of hydrogen-bond donors (Lipinski definition) is 0. The van der Waals surface area contributed by atoms with Crippen molar-refractivity contribution in [3.8, 4) is 0 Å². The molecule has 104 valence electrons. The molecule has 1 atom stereocenters. The van der Waals surface area contributed by atoms with E-state index in [4.69, 9.17) is 4.74 Å². The van der Waals surface area contributed by atoms with Crippen molar-refractivity contribution in [1.29, 1.82) is 0 Å². The van der Waals surface area contributed by atoms with Crippen molar-refractivity contribution in [2.24, 2.45) is 0 Å². The van der Waals surface area contributed by atoms with Crippen molar-refractivity contribution < 1.29 is 9.53 Å². The number of likely N-dealkylation sites (N-methyl/N-ethyl adjacent to an activating group) is 1. The molecule has 0 spiro atoms. The van der Waals surface area contributed by atoms with Crippen molar-refractivity contribution in [3.05, 3.63) is 35.9 Å². The first-order valence-electron chi connectivity index (χ1n) is 7.13. The summed E-state index contributed by atoms with van der Waals surface area (Å²) in [6.07, 6.45) is 4.43. The van der Waals surface area contributed by atoms with Crippen LogP contribution >= 0.6 is 0 Å². The number of ether oxygens (including phenoxy) is 1. The Morgan fingerprint density at radius 3 is 2.68 bits per heavy atom. The average Bonchev–Trinajstić information content (AvgIpc) is 2.43. The van der Waals surface area contributed by atoms with Crippen LogP contribution in [-0.4, -0.2) is 30.2 Å².